The van der Waals surface area contributed by atoms with Crippen LogP contribution < -0.4 is 5.73 Å². The molecular weight excluding hydrogens is 262 g/mol. The quantitative estimate of drug-likeness (QED) is 0.913. The van der Waals surface area contributed by atoms with Gasteiger partial charge in [-0.2, -0.15) is 0 Å². The lowest BCUT2D eigenvalue weighted by molar-refractivity contribution is 0.0415. The molecule has 3 rings (SSSR count). The summed E-state index contributed by atoms with van der Waals surface area (Å²) in [5.41, 5.74) is 6.75. The topological polar surface area (TPSA) is 69.4 Å². The van der Waals surface area contributed by atoms with Gasteiger partial charge in [0.2, 0.25) is 0 Å². The van der Waals surface area contributed by atoms with Crippen LogP contribution in [0.5, 0.6) is 0 Å². The Balaban J connectivity index is 2.07. The Hall–Kier alpha value is -0.910. The zero-order valence-corrected chi connectivity index (χ0v) is 11.7. The van der Waals surface area contributed by atoms with E-state index in [2.05, 4.69) is 0 Å². The third-order valence-corrected chi connectivity index (χ3v) is 6.39. The fraction of sp³-hybridized carbons (Fsp3) is 0.571. The van der Waals surface area contributed by atoms with Crippen LogP contribution in [0.3, 0.4) is 0 Å². The van der Waals surface area contributed by atoms with E-state index in [4.69, 9.17) is 10.5 Å². The van der Waals surface area contributed by atoms with E-state index in [0.717, 1.165) is 31.2 Å². The molecule has 1 saturated heterocycles. The molecule has 4 nitrogen and oxygen atoms in total. The van der Waals surface area contributed by atoms with Crippen molar-refractivity contribution in [2.24, 2.45) is 5.73 Å². The number of benzene rings is 1. The highest BCUT2D eigenvalue weighted by molar-refractivity contribution is 7.92. The number of rotatable bonds is 3. The summed E-state index contributed by atoms with van der Waals surface area (Å²) in [5, 5.41) is -0.404. The van der Waals surface area contributed by atoms with Crippen molar-refractivity contribution in [2.75, 3.05) is 13.2 Å². The van der Waals surface area contributed by atoms with Gasteiger partial charge in [0, 0.05) is 5.54 Å². The summed E-state index contributed by atoms with van der Waals surface area (Å²) in [6.07, 6.45) is 3.86. The van der Waals surface area contributed by atoms with Crippen molar-refractivity contribution in [3.05, 3.63) is 29.8 Å². The zero-order valence-electron chi connectivity index (χ0n) is 10.8. The third kappa shape index (κ3) is 2.10. The Morgan fingerprint density at radius 2 is 1.79 bits per heavy atom. The van der Waals surface area contributed by atoms with Gasteiger partial charge in [-0.25, -0.2) is 8.42 Å². The van der Waals surface area contributed by atoms with E-state index in [1.54, 1.807) is 12.1 Å². The smallest absolute Gasteiger partial charge is 0.186 e. The molecule has 19 heavy (non-hydrogen) atoms. The van der Waals surface area contributed by atoms with Crippen molar-refractivity contribution in [3.63, 3.8) is 0 Å². The summed E-state index contributed by atoms with van der Waals surface area (Å²) < 4.78 is 30.2. The van der Waals surface area contributed by atoms with Crippen LogP contribution in [0, 0.1) is 0 Å². The second-order valence-corrected chi connectivity index (χ2v) is 7.76. The summed E-state index contributed by atoms with van der Waals surface area (Å²) in [6.45, 7) is 0.600. The first-order chi connectivity index (χ1) is 9.04. The molecule has 0 amide bonds. The Morgan fingerprint density at radius 3 is 2.37 bits per heavy atom. The fourth-order valence-electron chi connectivity index (χ4n) is 2.97. The molecule has 0 spiro atoms. The maximum absolute atomic E-state index is 12.6. The molecule has 1 aliphatic carbocycles. The molecular formula is C14H19NO3S. The monoisotopic (exact) mass is 281 g/mol. The van der Waals surface area contributed by atoms with Crippen LogP contribution in [-0.2, 0) is 20.1 Å². The summed E-state index contributed by atoms with van der Waals surface area (Å²) in [7, 11) is -3.31. The minimum Gasteiger partial charge on any atom is -0.379 e. The lowest BCUT2D eigenvalue weighted by Gasteiger charge is -2.31. The van der Waals surface area contributed by atoms with E-state index in [1.165, 1.54) is 0 Å². The molecule has 0 radical (unpaired) electrons. The van der Waals surface area contributed by atoms with Gasteiger partial charge in [-0.1, -0.05) is 31.0 Å². The Kier molecular flexibility index (Phi) is 3.15. The van der Waals surface area contributed by atoms with Crippen molar-refractivity contribution in [2.45, 2.75) is 41.4 Å². The standard InChI is InChI=1S/C14H19NO3S/c15-14(7-3-4-8-14)12-5-1-2-6-13(12)19(16,17)11-9-18-10-11/h1-2,5-6,11H,3-4,7-10,15H2. The van der Waals surface area contributed by atoms with Crippen molar-refractivity contribution >= 4 is 9.84 Å². The molecule has 2 N–H and O–H groups in total. The van der Waals surface area contributed by atoms with Crippen molar-refractivity contribution < 1.29 is 13.2 Å². The fourth-order valence-corrected chi connectivity index (χ4v) is 4.73. The average molecular weight is 281 g/mol. The van der Waals surface area contributed by atoms with Crippen molar-refractivity contribution in [1.82, 2.24) is 0 Å². The summed E-state index contributed by atoms with van der Waals surface area (Å²) in [5.74, 6) is 0. The minimum atomic E-state index is -3.31. The van der Waals surface area contributed by atoms with Crippen molar-refractivity contribution in [3.8, 4) is 0 Å². The van der Waals surface area contributed by atoms with Crippen LogP contribution in [0.4, 0.5) is 0 Å². The van der Waals surface area contributed by atoms with Gasteiger partial charge in [-0.3, -0.25) is 0 Å². The SMILES string of the molecule is NC1(c2ccccc2S(=O)(=O)C2COC2)CCCC1. The molecule has 0 bridgehead atoms. The van der Waals surface area contributed by atoms with Gasteiger partial charge in [-0.05, 0) is 24.5 Å². The van der Waals surface area contributed by atoms with E-state index in [9.17, 15) is 8.42 Å². The van der Waals surface area contributed by atoms with Crippen LogP contribution in [-0.4, -0.2) is 26.9 Å². The van der Waals surface area contributed by atoms with Gasteiger partial charge >= 0.3 is 0 Å². The molecule has 1 saturated carbocycles. The highest BCUT2D eigenvalue weighted by Gasteiger charge is 2.40. The first kappa shape index (κ1) is 13.1. The van der Waals surface area contributed by atoms with Crippen LogP contribution in [0.25, 0.3) is 0 Å². The number of nitrogens with two attached hydrogens (primary N) is 1. The molecule has 2 aliphatic rings. The third-order valence-electron chi connectivity index (χ3n) is 4.27. The number of ether oxygens (including phenoxy) is 1. The lowest BCUT2D eigenvalue weighted by atomic mass is 9.89. The minimum absolute atomic E-state index is 0.300. The van der Waals surface area contributed by atoms with E-state index < -0.39 is 20.6 Å². The molecule has 0 aromatic heterocycles. The average Bonchev–Trinajstić information content (AvgIpc) is 2.75. The second kappa shape index (κ2) is 4.58. The van der Waals surface area contributed by atoms with E-state index in [1.807, 2.05) is 12.1 Å². The molecule has 104 valence electrons. The van der Waals surface area contributed by atoms with E-state index in [0.29, 0.717) is 18.1 Å². The summed E-state index contributed by atoms with van der Waals surface area (Å²) in [4.78, 5) is 0.410. The maximum atomic E-state index is 12.6. The highest BCUT2D eigenvalue weighted by atomic mass is 32.2. The van der Waals surface area contributed by atoms with Gasteiger partial charge in [-0.15, -0.1) is 0 Å². The van der Waals surface area contributed by atoms with Crippen LogP contribution >= 0.6 is 0 Å². The van der Waals surface area contributed by atoms with Gasteiger partial charge in [0.15, 0.2) is 9.84 Å². The van der Waals surface area contributed by atoms with Gasteiger partial charge in [0.25, 0.3) is 0 Å². The number of hydrogen-bond donors (Lipinski definition) is 1. The molecule has 5 heteroatoms. The Labute approximate surface area is 113 Å². The largest absolute Gasteiger partial charge is 0.379 e. The number of sulfone groups is 1. The molecule has 1 aromatic rings. The van der Waals surface area contributed by atoms with Crippen LogP contribution in [0.2, 0.25) is 0 Å². The van der Waals surface area contributed by atoms with Gasteiger partial charge < -0.3 is 10.5 Å². The van der Waals surface area contributed by atoms with Gasteiger partial charge in [0.1, 0.15) is 5.25 Å². The lowest BCUT2D eigenvalue weighted by Crippen LogP contribution is -2.42. The Morgan fingerprint density at radius 1 is 1.16 bits per heavy atom. The molecule has 0 unspecified atom stereocenters. The molecule has 1 heterocycles. The number of hydrogen-bond acceptors (Lipinski definition) is 4. The van der Waals surface area contributed by atoms with Crippen LogP contribution in [0.1, 0.15) is 31.2 Å². The van der Waals surface area contributed by atoms with Crippen molar-refractivity contribution in [1.29, 1.82) is 0 Å². The molecule has 0 atom stereocenters. The first-order valence-corrected chi connectivity index (χ1v) is 8.29. The predicted molar refractivity (Wildman–Crippen MR) is 72.6 cm³/mol. The Bertz CT molecular complexity index is 572. The van der Waals surface area contributed by atoms with Crippen LogP contribution in [0.15, 0.2) is 29.2 Å². The summed E-state index contributed by atoms with van der Waals surface area (Å²) in [6, 6.07) is 7.21. The molecule has 2 fully saturated rings. The second-order valence-electron chi connectivity index (χ2n) is 5.56. The summed E-state index contributed by atoms with van der Waals surface area (Å²) >= 11 is 0. The molecule has 1 aliphatic heterocycles. The zero-order chi connectivity index (χ0) is 13.5. The molecule has 1 aromatic carbocycles. The normalized spacial score (nSPS) is 23.2. The van der Waals surface area contributed by atoms with E-state index >= 15 is 0 Å². The first-order valence-electron chi connectivity index (χ1n) is 6.74. The highest BCUT2D eigenvalue weighted by Crippen LogP contribution is 2.40. The van der Waals surface area contributed by atoms with E-state index in [-0.39, 0.29) is 0 Å². The maximum Gasteiger partial charge on any atom is 0.186 e. The van der Waals surface area contributed by atoms with Gasteiger partial charge in [0.05, 0.1) is 18.1 Å². The predicted octanol–water partition coefficient (Wildman–Crippen LogP) is 1.59.